The van der Waals surface area contributed by atoms with Crippen molar-refractivity contribution in [1.29, 1.82) is 0 Å². The van der Waals surface area contributed by atoms with Crippen molar-refractivity contribution in [2.75, 3.05) is 13.3 Å². The maximum absolute atomic E-state index is 13.0. The van der Waals surface area contributed by atoms with Crippen molar-refractivity contribution in [2.24, 2.45) is 0 Å². The molecule has 1 heterocycles. The maximum Gasteiger partial charge on any atom is 0.389 e. The van der Waals surface area contributed by atoms with E-state index in [9.17, 15) is 22.5 Å². The minimum absolute atomic E-state index is 0.0893. The van der Waals surface area contributed by atoms with E-state index in [1.807, 2.05) is 6.92 Å². The van der Waals surface area contributed by atoms with Crippen molar-refractivity contribution >= 4 is 13.3 Å². The Hall–Kier alpha value is -1.41. The molecule has 0 saturated heterocycles. The van der Waals surface area contributed by atoms with Gasteiger partial charge in [0, 0.05) is 25.4 Å². The van der Waals surface area contributed by atoms with E-state index < -0.39 is 37.2 Å². The van der Waals surface area contributed by atoms with Gasteiger partial charge in [-0.2, -0.15) is 18.2 Å². The Balaban J connectivity index is 2.76. The number of rotatable bonds is 12. The smallest absolute Gasteiger partial charge is 0.389 e. The van der Waals surface area contributed by atoms with Crippen molar-refractivity contribution in [1.82, 2.24) is 10.1 Å². The van der Waals surface area contributed by atoms with E-state index in [1.165, 1.54) is 6.66 Å². The molecule has 0 saturated carbocycles. The summed E-state index contributed by atoms with van der Waals surface area (Å²) < 4.78 is 65.5. The molecule has 1 aromatic heterocycles. The van der Waals surface area contributed by atoms with E-state index in [-0.39, 0.29) is 31.3 Å². The molecule has 11 heteroatoms. The van der Waals surface area contributed by atoms with Crippen LogP contribution in [-0.4, -0.2) is 46.8 Å². The monoisotopic (exact) mass is 470 g/mol. The van der Waals surface area contributed by atoms with Crippen molar-refractivity contribution < 1.29 is 36.3 Å². The van der Waals surface area contributed by atoms with Gasteiger partial charge >= 0.3 is 12.1 Å². The van der Waals surface area contributed by atoms with Crippen LogP contribution in [0.15, 0.2) is 4.52 Å². The second kappa shape index (κ2) is 11.5. The molecule has 0 amide bonds. The summed E-state index contributed by atoms with van der Waals surface area (Å²) in [6.45, 7) is 10.2. The average molecular weight is 470 g/mol. The third kappa shape index (κ3) is 10.6. The fraction of sp³-hybridized carbons (Fsp3) is 0.850. The lowest BCUT2D eigenvalue weighted by Crippen LogP contribution is -2.33. The van der Waals surface area contributed by atoms with E-state index in [0.29, 0.717) is 25.1 Å². The van der Waals surface area contributed by atoms with Crippen LogP contribution in [0.1, 0.15) is 84.4 Å². The SMILES string of the molecule is CCOP(C)(=O)C(Cc1nc(C(C)CCCCCC(F)(F)F)no1)C(=O)OC(C)(C)C. The zero-order chi connectivity index (χ0) is 23.9. The molecule has 180 valence electrons. The highest BCUT2D eigenvalue weighted by Crippen LogP contribution is 2.50. The topological polar surface area (TPSA) is 91.5 Å². The molecule has 0 fully saturated rings. The molecule has 7 nitrogen and oxygen atoms in total. The summed E-state index contributed by atoms with van der Waals surface area (Å²) in [7, 11) is -3.36. The number of hydrogen-bond acceptors (Lipinski definition) is 7. The molecule has 0 aliphatic rings. The second-order valence-electron chi connectivity index (χ2n) is 8.74. The van der Waals surface area contributed by atoms with Gasteiger partial charge in [-0.15, -0.1) is 0 Å². The highest BCUT2D eigenvalue weighted by Gasteiger charge is 2.40. The zero-order valence-corrected chi connectivity index (χ0v) is 20.0. The van der Waals surface area contributed by atoms with Crippen molar-refractivity contribution in [3.8, 4) is 0 Å². The van der Waals surface area contributed by atoms with Crippen LogP contribution < -0.4 is 0 Å². The molecule has 3 unspecified atom stereocenters. The normalized spacial score (nSPS) is 16.5. The molecule has 3 atom stereocenters. The first kappa shape index (κ1) is 27.6. The van der Waals surface area contributed by atoms with Crippen LogP contribution in [0.5, 0.6) is 0 Å². The van der Waals surface area contributed by atoms with Crippen LogP contribution in [0, 0.1) is 0 Å². The Morgan fingerprint density at radius 3 is 2.39 bits per heavy atom. The molecule has 0 aliphatic carbocycles. The fourth-order valence-corrected chi connectivity index (χ4v) is 4.57. The lowest BCUT2D eigenvalue weighted by Gasteiger charge is -2.26. The quantitative estimate of drug-likeness (QED) is 0.214. The Kier molecular flexibility index (Phi) is 10.2. The number of aromatic nitrogens is 2. The Morgan fingerprint density at radius 2 is 1.84 bits per heavy atom. The fourth-order valence-electron chi connectivity index (χ4n) is 2.96. The number of esters is 1. The number of carbonyl (C=O) groups excluding carboxylic acids is 1. The molecule has 0 spiro atoms. The first-order valence-corrected chi connectivity index (χ1v) is 12.6. The standard InChI is InChI=1S/C20H34F3N2O5P/c1-7-28-31(6,27)15(18(26)29-19(3,4)5)13-16-24-17(25-30-16)14(2)11-9-8-10-12-20(21,22)23/h14-15H,7-13H2,1-6H3. The van der Waals surface area contributed by atoms with Crippen LogP contribution in [0.3, 0.4) is 0 Å². The highest BCUT2D eigenvalue weighted by molar-refractivity contribution is 7.60. The van der Waals surface area contributed by atoms with Crippen molar-refractivity contribution in [2.45, 2.75) is 96.5 Å². The molecule has 1 rings (SSSR count). The van der Waals surface area contributed by atoms with Crippen LogP contribution >= 0.6 is 7.37 Å². The van der Waals surface area contributed by atoms with Gasteiger partial charge < -0.3 is 13.8 Å². The van der Waals surface area contributed by atoms with Gasteiger partial charge in [0.25, 0.3) is 0 Å². The predicted molar refractivity (Wildman–Crippen MR) is 110 cm³/mol. The molecule has 0 bridgehead atoms. The molecule has 0 N–H and O–H groups in total. The summed E-state index contributed by atoms with van der Waals surface area (Å²) in [6, 6.07) is 0. The van der Waals surface area contributed by atoms with E-state index in [1.54, 1.807) is 27.7 Å². The van der Waals surface area contributed by atoms with E-state index >= 15 is 0 Å². The Morgan fingerprint density at radius 1 is 1.19 bits per heavy atom. The summed E-state index contributed by atoms with van der Waals surface area (Å²) in [5.41, 5.74) is -1.85. The lowest BCUT2D eigenvalue weighted by molar-refractivity contribution is -0.154. The minimum atomic E-state index is -4.13. The number of alkyl halides is 3. The number of nitrogens with zero attached hydrogens (tertiary/aromatic N) is 2. The van der Waals surface area contributed by atoms with Gasteiger partial charge in [0.15, 0.2) is 5.82 Å². The van der Waals surface area contributed by atoms with E-state index in [2.05, 4.69) is 10.1 Å². The number of unbranched alkanes of at least 4 members (excludes halogenated alkanes) is 2. The summed E-state index contributed by atoms with van der Waals surface area (Å²) in [6.07, 6.45) is -3.23. The average Bonchev–Trinajstić information content (AvgIpc) is 3.05. The zero-order valence-electron chi connectivity index (χ0n) is 19.1. The van der Waals surface area contributed by atoms with Gasteiger partial charge in [0.05, 0.1) is 6.61 Å². The highest BCUT2D eigenvalue weighted by atomic mass is 31.2. The van der Waals surface area contributed by atoms with Crippen LogP contribution in [0.2, 0.25) is 0 Å². The summed E-state index contributed by atoms with van der Waals surface area (Å²) in [5.74, 6) is -0.249. The summed E-state index contributed by atoms with van der Waals surface area (Å²) in [4.78, 5) is 17.0. The third-order valence-electron chi connectivity index (χ3n) is 4.52. The first-order valence-electron chi connectivity index (χ1n) is 10.5. The molecule has 0 aromatic carbocycles. The molecular weight excluding hydrogens is 436 g/mol. The summed E-state index contributed by atoms with van der Waals surface area (Å²) >= 11 is 0. The van der Waals surface area contributed by atoms with Gasteiger partial charge in [-0.3, -0.25) is 9.36 Å². The van der Waals surface area contributed by atoms with Crippen LogP contribution in [0.4, 0.5) is 13.2 Å². The van der Waals surface area contributed by atoms with Crippen molar-refractivity contribution in [3.63, 3.8) is 0 Å². The molecule has 0 radical (unpaired) electrons. The third-order valence-corrected chi connectivity index (χ3v) is 6.82. The van der Waals surface area contributed by atoms with Gasteiger partial charge in [-0.1, -0.05) is 24.9 Å². The van der Waals surface area contributed by atoms with Gasteiger partial charge in [0.1, 0.15) is 11.3 Å². The number of halogens is 3. The second-order valence-corrected chi connectivity index (χ2v) is 11.4. The van der Waals surface area contributed by atoms with Crippen LogP contribution in [-0.2, 0) is 25.0 Å². The Labute approximate surface area is 181 Å². The van der Waals surface area contributed by atoms with Gasteiger partial charge in [0.2, 0.25) is 13.3 Å². The van der Waals surface area contributed by atoms with E-state index in [4.69, 9.17) is 13.8 Å². The molecule has 0 aliphatic heterocycles. The number of hydrogen-bond donors (Lipinski definition) is 0. The van der Waals surface area contributed by atoms with E-state index in [0.717, 1.165) is 0 Å². The predicted octanol–water partition coefficient (Wildman–Crippen LogP) is 5.88. The Bertz CT molecular complexity index is 746. The van der Waals surface area contributed by atoms with Crippen molar-refractivity contribution in [3.05, 3.63) is 11.7 Å². The van der Waals surface area contributed by atoms with Gasteiger partial charge in [-0.25, -0.2) is 0 Å². The largest absolute Gasteiger partial charge is 0.459 e. The number of carbonyl (C=O) groups is 1. The molecule has 31 heavy (non-hydrogen) atoms. The maximum atomic E-state index is 13.0. The van der Waals surface area contributed by atoms with Gasteiger partial charge in [-0.05, 0) is 40.5 Å². The summed E-state index contributed by atoms with van der Waals surface area (Å²) in [5, 5.41) is 3.92. The first-order chi connectivity index (χ1) is 14.1. The number of ether oxygens (including phenoxy) is 1. The van der Waals surface area contributed by atoms with Crippen LogP contribution in [0.25, 0.3) is 0 Å². The minimum Gasteiger partial charge on any atom is -0.459 e. The molecule has 1 aromatic rings. The molecular formula is C20H34F3N2O5P. The lowest BCUT2D eigenvalue weighted by atomic mass is 10.0.